The highest BCUT2D eigenvalue weighted by atomic mass is 16.5. The first-order valence-corrected chi connectivity index (χ1v) is 12.4. The van der Waals surface area contributed by atoms with E-state index < -0.39 is 5.97 Å². The monoisotopic (exact) mass is 497 g/mol. The zero-order valence-corrected chi connectivity index (χ0v) is 21.4. The van der Waals surface area contributed by atoms with Gasteiger partial charge < -0.3 is 15.0 Å². The number of carbonyl (C=O) groups excluding carboxylic acids is 3. The summed E-state index contributed by atoms with van der Waals surface area (Å²) in [6.07, 6.45) is 3.56. The number of amides is 2. The van der Waals surface area contributed by atoms with Crippen LogP contribution in [-0.4, -0.2) is 34.3 Å². The molecule has 3 aromatic rings. The Morgan fingerprint density at radius 1 is 1.00 bits per heavy atom. The van der Waals surface area contributed by atoms with E-state index in [1.54, 1.807) is 43.3 Å². The number of aryl methyl sites for hydroxylation is 1. The Hall–Kier alpha value is -4.26. The molecule has 0 bridgehead atoms. The third-order valence-electron chi connectivity index (χ3n) is 6.64. The molecule has 0 saturated carbocycles. The fraction of sp³-hybridized carbons (Fsp3) is 0.267. The first kappa shape index (κ1) is 25.8. The number of aromatic nitrogens is 1. The SMILES string of the molecule is CCOC(=O)C1=C(C)N(Cc2ccc(C(=O)NCc3ccncc3)cc2)C(=O)CC1c1ccccc1C. The number of pyridine rings is 1. The number of nitrogens with one attached hydrogen (secondary N) is 1. The van der Waals surface area contributed by atoms with Crippen molar-refractivity contribution >= 4 is 17.8 Å². The summed E-state index contributed by atoms with van der Waals surface area (Å²) in [6.45, 7) is 6.53. The van der Waals surface area contributed by atoms with Gasteiger partial charge in [-0.1, -0.05) is 36.4 Å². The van der Waals surface area contributed by atoms with Gasteiger partial charge in [0.15, 0.2) is 0 Å². The molecule has 0 radical (unpaired) electrons. The molecule has 1 atom stereocenters. The first-order chi connectivity index (χ1) is 17.9. The lowest BCUT2D eigenvalue weighted by Crippen LogP contribution is -2.38. The topological polar surface area (TPSA) is 88.6 Å². The van der Waals surface area contributed by atoms with Crippen molar-refractivity contribution in [1.29, 1.82) is 0 Å². The van der Waals surface area contributed by atoms with Gasteiger partial charge in [-0.2, -0.15) is 0 Å². The van der Waals surface area contributed by atoms with Crippen molar-refractivity contribution in [2.24, 2.45) is 0 Å². The van der Waals surface area contributed by atoms with Gasteiger partial charge in [0.1, 0.15) is 0 Å². The summed E-state index contributed by atoms with van der Waals surface area (Å²) in [5.74, 6) is -0.987. The second-order valence-electron chi connectivity index (χ2n) is 9.05. The summed E-state index contributed by atoms with van der Waals surface area (Å²) in [6, 6.07) is 18.7. The van der Waals surface area contributed by atoms with Crippen molar-refractivity contribution in [3.8, 4) is 0 Å². The normalized spacial score (nSPS) is 15.5. The van der Waals surface area contributed by atoms with Gasteiger partial charge in [-0.3, -0.25) is 14.6 Å². The molecule has 0 aliphatic carbocycles. The number of carbonyl (C=O) groups is 3. The standard InChI is InChI=1S/C30H31N3O4/c1-4-37-30(36)28-21(3)33(27(34)17-26(28)25-8-6-5-7-20(25)2)19-23-9-11-24(12-10-23)29(35)32-18-22-13-15-31-16-14-22/h5-16,26H,4,17-19H2,1-3H3,(H,32,35). The van der Waals surface area contributed by atoms with Crippen LogP contribution >= 0.6 is 0 Å². The van der Waals surface area contributed by atoms with E-state index in [4.69, 9.17) is 4.74 Å². The summed E-state index contributed by atoms with van der Waals surface area (Å²) >= 11 is 0. The van der Waals surface area contributed by atoms with Gasteiger partial charge in [0.2, 0.25) is 5.91 Å². The van der Waals surface area contributed by atoms with Crippen LogP contribution in [-0.2, 0) is 27.4 Å². The number of allylic oxidation sites excluding steroid dienone is 1. The van der Waals surface area contributed by atoms with E-state index in [0.717, 1.165) is 22.3 Å². The highest BCUT2D eigenvalue weighted by molar-refractivity contribution is 5.96. The maximum atomic E-state index is 13.3. The quantitative estimate of drug-likeness (QED) is 0.457. The molecule has 37 heavy (non-hydrogen) atoms. The van der Waals surface area contributed by atoms with Crippen molar-refractivity contribution in [3.63, 3.8) is 0 Å². The number of benzene rings is 2. The first-order valence-electron chi connectivity index (χ1n) is 12.4. The van der Waals surface area contributed by atoms with Crippen LogP contribution in [0.5, 0.6) is 0 Å². The second-order valence-corrected chi connectivity index (χ2v) is 9.05. The Morgan fingerprint density at radius 3 is 2.38 bits per heavy atom. The summed E-state index contributed by atoms with van der Waals surface area (Å²) in [7, 11) is 0. The molecule has 190 valence electrons. The van der Waals surface area contributed by atoms with E-state index in [1.165, 1.54) is 0 Å². The highest BCUT2D eigenvalue weighted by Gasteiger charge is 2.37. The largest absolute Gasteiger partial charge is 0.463 e. The predicted octanol–water partition coefficient (Wildman–Crippen LogP) is 4.67. The summed E-state index contributed by atoms with van der Waals surface area (Å²) < 4.78 is 5.39. The molecule has 2 aromatic carbocycles. The van der Waals surface area contributed by atoms with Crippen LogP contribution < -0.4 is 5.32 Å². The van der Waals surface area contributed by atoms with Gasteiger partial charge in [-0.25, -0.2) is 4.79 Å². The molecule has 7 heteroatoms. The molecule has 2 heterocycles. The molecule has 2 amide bonds. The summed E-state index contributed by atoms with van der Waals surface area (Å²) in [5, 5.41) is 2.90. The third kappa shape index (κ3) is 5.94. The lowest BCUT2D eigenvalue weighted by atomic mass is 9.81. The molecule has 1 aliphatic rings. The van der Waals surface area contributed by atoms with E-state index in [1.807, 2.05) is 55.5 Å². The molecular formula is C30H31N3O4. The average molecular weight is 498 g/mol. The number of ether oxygens (including phenoxy) is 1. The molecule has 1 unspecified atom stereocenters. The van der Waals surface area contributed by atoms with Crippen LogP contribution in [0.2, 0.25) is 0 Å². The minimum atomic E-state index is -0.396. The number of hydrogen-bond donors (Lipinski definition) is 1. The van der Waals surface area contributed by atoms with Gasteiger partial charge in [0.05, 0.1) is 18.7 Å². The van der Waals surface area contributed by atoms with E-state index in [-0.39, 0.29) is 30.8 Å². The van der Waals surface area contributed by atoms with Crippen molar-refractivity contribution in [2.45, 2.75) is 46.2 Å². The predicted molar refractivity (Wildman–Crippen MR) is 140 cm³/mol. The van der Waals surface area contributed by atoms with E-state index in [0.29, 0.717) is 29.9 Å². The zero-order valence-electron chi connectivity index (χ0n) is 21.4. The third-order valence-corrected chi connectivity index (χ3v) is 6.64. The lowest BCUT2D eigenvalue weighted by molar-refractivity contribution is -0.140. The molecule has 4 rings (SSSR count). The van der Waals surface area contributed by atoms with Crippen molar-refractivity contribution in [2.75, 3.05) is 6.61 Å². The van der Waals surface area contributed by atoms with Crippen LogP contribution in [0.15, 0.2) is 84.3 Å². The summed E-state index contributed by atoms with van der Waals surface area (Å²) in [4.78, 5) is 44.5. The van der Waals surface area contributed by atoms with E-state index >= 15 is 0 Å². The van der Waals surface area contributed by atoms with Gasteiger partial charge in [0, 0.05) is 42.5 Å². The molecule has 1 N–H and O–H groups in total. The maximum Gasteiger partial charge on any atom is 0.336 e. The van der Waals surface area contributed by atoms with E-state index in [9.17, 15) is 14.4 Å². The second kappa shape index (κ2) is 11.6. The van der Waals surface area contributed by atoms with Crippen LogP contribution in [0.1, 0.15) is 58.8 Å². The summed E-state index contributed by atoms with van der Waals surface area (Å²) in [5.41, 5.74) is 5.45. The molecule has 7 nitrogen and oxygen atoms in total. The van der Waals surface area contributed by atoms with Crippen molar-refractivity contribution in [1.82, 2.24) is 15.2 Å². The van der Waals surface area contributed by atoms with Crippen molar-refractivity contribution < 1.29 is 19.1 Å². The van der Waals surface area contributed by atoms with Gasteiger partial charge in [-0.15, -0.1) is 0 Å². The molecule has 0 saturated heterocycles. The van der Waals surface area contributed by atoms with Crippen LogP contribution in [0.4, 0.5) is 0 Å². The Bertz CT molecular complexity index is 1320. The zero-order chi connectivity index (χ0) is 26.4. The van der Waals surface area contributed by atoms with Gasteiger partial charge in [0.25, 0.3) is 5.91 Å². The van der Waals surface area contributed by atoms with E-state index in [2.05, 4.69) is 10.3 Å². The lowest BCUT2D eigenvalue weighted by Gasteiger charge is -2.35. The fourth-order valence-corrected chi connectivity index (χ4v) is 4.65. The van der Waals surface area contributed by atoms with Gasteiger partial charge in [-0.05, 0) is 67.3 Å². The molecule has 1 aromatic heterocycles. The number of esters is 1. The maximum absolute atomic E-state index is 13.3. The Kier molecular flexibility index (Phi) is 8.13. The number of nitrogens with zero attached hydrogens (tertiary/aromatic N) is 2. The molecule has 0 fully saturated rings. The Labute approximate surface area is 217 Å². The molecule has 0 spiro atoms. The minimum absolute atomic E-state index is 0.0574. The fourth-order valence-electron chi connectivity index (χ4n) is 4.65. The average Bonchev–Trinajstić information content (AvgIpc) is 2.90. The molecular weight excluding hydrogens is 466 g/mol. The Balaban J connectivity index is 1.53. The molecule has 1 aliphatic heterocycles. The number of hydrogen-bond acceptors (Lipinski definition) is 5. The smallest absolute Gasteiger partial charge is 0.336 e. The van der Waals surface area contributed by atoms with Crippen LogP contribution in [0.25, 0.3) is 0 Å². The number of rotatable bonds is 8. The Morgan fingerprint density at radius 2 is 1.70 bits per heavy atom. The van der Waals surface area contributed by atoms with Gasteiger partial charge >= 0.3 is 5.97 Å². The van der Waals surface area contributed by atoms with Crippen LogP contribution in [0.3, 0.4) is 0 Å². The van der Waals surface area contributed by atoms with Crippen molar-refractivity contribution in [3.05, 3.63) is 112 Å². The highest BCUT2D eigenvalue weighted by Crippen LogP contribution is 2.38. The van der Waals surface area contributed by atoms with Crippen LogP contribution in [0, 0.1) is 6.92 Å². The minimum Gasteiger partial charge on any atom is -0.463 e.